The van der Waals surface area contributed by atoms with E-state index in [9.17, 15) is 0 Å². The van der Waals surface area contributed by atoms with Gasteiger partial charge in [0.2, 0.25) is 0 Å². The highest BCUT2D eigenvalue weighted by Gasteiger charge is 2.12. The quantitative estimate of drug-likeness (QED) is 0.871. The van der Waals surface area contributed by atoms with Crippen LogP contribution in [-0.4, -0.2) is 19.7 Å². The molecule has 0 spiro atoms. The van der Waals surface area contributed by atoms with Crippen LogP contribution in [0, 0.1) is 13.8 Å². The molecule has 2 rings (SSSR count). The third-order valence-corrected chi connectivity index (χ3v) is 3.57. The molecule has 0 radical (unpaired) electrons. The molecule has 0 saturated heterocycles. The molecule has 0 unspecified atom stereocenters. The number of hydrogen-bond acceptors (Lipinski definition) is 5. The van der Waals surface area contributed by atoms with Gasteiger partial charge in [-0.15, -0.1) is 0 Å². The Hall–Kier alpha value is -2.11. The summed E-state index contributed by atoms with van der Waals surface area (Å²) in [6.45, 7) is 6.90. The topological polar surface area (TPSA) is 81.7 Å². The molecule has 3 N–H and O–H groups in total. The van der Waals surface area contributed by atoms with Crippen molar-refractivity contribution in [2.45, 2.75) is 40.2 Å². The van der Waals surface area contributed by atoms with E-state index in [0.29, 0.717) is 12.4 Å². The van der Waals surface area contributed by atoms with Crippen LogP contribution in [-0.2, 0) is 20.0 Å². The normalized spacial score (nSPS) is 10.8. The average molecular weight is 274 g/mol. The van der Waals surface area contributed by atoms with Crippen molar-refractivity contribution in [1.29, 1.82) is 0 Å². The molecule has 0 bridgehead atoms. The molecule has 0 atom stereocenters. The number of hydrogen-bond donors (Lipinski definition) is 2. The van der Waals surface area contributed by atoms with Crippen LogP contribution in [0.1, 0.15) is 35.9 Å². The smallest absolute Gasteiger partial charge is 0.134 e. The summed E-state index contributed by atoms with van der Waals surface area (Å²) in [5.74, 6) is 1.38. The van der Waals surface area contributed by atoms with E-state index in [-0.39, 0.29) is 0 Å². The van der Waals surface area contributed by atoms with E-state index in [0.717, 1.165) is 35.6 Å². The molecule has 108 valence electrons. The molecule has 2 aromatic rings. The van der Waals surface area contributed by atoms with Gasteiger partial charge in [0.15, 0.2) is 0 Å². The van der Waals surface area contributed by atoms with Crippen LogP contribution in [0.15, 0.2) is 6.33 Å². The van der Waals surface area contributed by atoms with Crippen molar-refractivity contribution in [3.8, 4) is 0 Å². The Morgan fingerprint density at radius 2 is 2.00 bits per heavy atom. The lowest BCUT2D eigenvalue weighted by Gasteiger charge is -2.12. The minimum absolute atomic E-state index is 0.559. The van der Waals surface area contributed by atoms with Crippen molar-refractivity contribution < 1.29 is 0 Å². The first-order valence-electron chi connectivity index (χ1n) is 6.86. The summed E-state index contributed by atoms with van der Waals surface area (Å²) >= 11 is 0. The maximum Gasteiger partial charge on any atom is 0.134 e. The second-order valence-electron chi connectivity index (χ2n) is 4.96. The van der Waals surface area contributed by atoms with Gasteiger partial charge in [-0.2, -0.15) is 5.10 Å². The van der Waals surface area contributed by atoms with Crippen molar-refractivity contribution in [3.05, 3.63) is 28.8 Å². The molecule has 6 heteroatoms. The Bertz CT molecular complexity index is 602. The Morgan fingerprint density at radius 3 is 2.60 bits per heavy atom. The lowest BCUT2D eigenvalue weighted by atomic mass is 10.1. The third kappa shape index (κ3) is 2.74. The van der Waals surface area contributed by atoms with E-state index < -0.39 is 0 Å². The van der Waals surface area contributed by atoms with E-state index in [1.54, 1.807) is 0 Å². The van der Waals surface area contributed by atoms with Crippen molar-refractivity contribution >= 4 is 11.6 Å². The molecule has 0 amide bonds. The molecule has 0 aliphatic heterocycles. The van der Waals surface area contributed by atoms with Crippen LogP contribution in [0.2, 0.25) is 0 Å². The standard InChI is InChI=1S/C14H22N6/c1-5-6-11-13(15)17-8-18-14(11)16-7-12-9(2)19-20(4)10(12)3/h8H,5-7H2,1-4H3,(H3,15,16,17,18). The first kappa shape index (κ1) is 14.3. The highest BCUT2D eigenvalue weighted by atomic mass is 15.3. The number of aryl methyl sites for hydroxylation is 2. The zero-order valence-electron chi connectivity index (χ0n) is 12.6. The molecular formula is C14H22N6. The summed E-state index contributed by atoms with van der Waals surface area (Å²) in [4.78, 5) is 8.37. The highest BCUT2D eigenvalue weighted by Crippen LogP contribution is 2.21. The van der Waals surface area contributed by atoms with Crippen molar-refractivity contribution in [2.75, 3.05) is 11.1 Å². The Balaban J connectivity index is 2.21. The van der Waals surface area contributed by atoms with Crippen LogP contribution in [0.25, 0.3) is 0 Å². The largest absolute Gasteiger partial charge is 0.383 e. The van der Waals surface area contributed by atoms with Gasteiger partial charge in [-0.05, 0) is 20.3 Å². The average Bonchev–Trinajstić information content (AvgIpc) is 2.65. The second kappa shape index (κ2) is 5.90. The molecule has 6 nitrogen and oxygen atoms in total. The van der Waals surface area contributed by atoms with E-state index in [1.165, 1.54) is 11.9 Å². The number of nitrogens with one attached hydrogen (secondary N) is 1. The Kier molecular flexibility index (Phi) is 4.22. The number of rotatable bonds is 5. The van der Waals surface area contributed by atoms with Crippen LogP contribution in [0.5, 0.6) is 0 Å². The van der Waals surface area contributed by atoms with E-state index >= 15 is 0 Å². The van der Waals surface area contributed by atoms with Crippen LogP contribution in [0.4, 0.5) is 11.6 Å². The highest BCUT2D eigenvalue weighted by molar-refractivity contribution is 5.55. The van der Waals surface area contributed by atoms with Crippen LogP contribution in [0.3, 0.4) is 0 Å². The molecule has 2 aromatic heterocycles. The molecule has 20 heavy (non-hydrogen) atoms. The van der Waals surface area contributed by atoms with Gasteiger partial charge in [0.1, 0.15) is 18.0 Å². The number of nitrogen functional groups attached to an aromatic ring is 1. The first-order valence-corrected chi connectivity index (χ1v) is 6.86. The fourth-order valence-electron chi connectivity index (χ4n) is 2.32. The number of anilines is 2. The minimum atomic E-state index is 0.559. The number of nitrogens with two attached hydrogens (primary N) is 1. The van der Waals surface area contributed by atoms with Crippen LogP contribution >= 0.6 is 0 Å². The van der Waals surface area contributed by atoms with E-state index in [2.05, 4.69) is 34.2 Å². The summed E-state index contributed by atoms with van der Waals surface area (Å²) in [7, 11) is 1.96. The van der Waals surface area contributed by atoms with Gasteiger partial charge >= 0.3 is 0 Å². The van der Waals surface area contributed by atoms with Gasteiger partial charge in [-0.25, -0.2) is 9.97 Å². The van der Waals surface area contributed by atoms with Crippen molar-refractivity contribution in [1.82, 2.24) is 19.7 Å². The van der Waals surface area contributed by atoms with Crippen molar-refractivity contribution in [2.24, 2.45) is 7.05 Å². The second-order valence-corrected chi connectivity index (χ2v) is 4.96. The molecule has 0 aromatic carbocycles. The van der Waals surface area contributed by atoms with Crippen LogP contribution < -0.4 is 11.1 Å². The Morgan fingerprint density at radius 1 is 1.25 bits per heavy atom. The summed E-state index contributed by atoms with van der Waals surface area (Å²) in [5.41, 5.74) is 10.3. The molecule has 0 aliphatic rings. The van der Waals surface area contributed by atoms with Gasteiger partial charge in [-0.1, -0.05) is 13.3 Å². The molecule has 0 saturated carbocycles. The van der Waals surface area contributed by atoms with E-state index in [1.807, 2.05) is 18.7 Å². The van der Waals surface area contributed by atoms with Crippen molar-refractivity contribution in [3.63, 3.8) is 0 Å². The molecule has 0 fully saturated rings. The van der Waals surface area contributed by atoms with Gasteiger partial charge < -0.3 is 11.1 Å². The lowest BCUT2D eigenvalue weighted by Crippen LogP contribution is -2.09. The SMILES string of the molecule is CCCc1c(N)ncnc1NCc1c(C)nn(C)c1C. The fraction of sp³-hybridized carbons (Fsp3) is 0.500. The monoisotopic (exact) mass is 274 g/mol. The predicted molar refractivity (Wildman–Crippen MR) is 80.4 cm³/mol. The summed E-state index contributed by atoms with van der Waals surface area (Å²) in [6, 6.07) is 0. The van der Waals surface area contributed by atoms with Gasteiger partial charge in [0.05, 0.1) is 5.69 Å². The third-order valence-electron chi connectivity index (χ3n) is 3.57. The predicted octanol–water partition coefficient (Wildman–Crippen LogP) is 1.97. The zero-order valence-corrected chi connectivity index (χ0v) is 12.6. The minimum Gasteiger partial charge on any atom is -0.383 e. The molecule has 2 heterocycles. The van der Waals surface area contributed by atoms with Gasteiger partial charge in [0.25, 0.3) is 0 Å². The van der Waals surface area contributed by atoms with E-state index in [4.69, 9.17) is 5.73 Å². The molecule has 0 aliphatic carbocycles. The summed E-state index contributed by atoms with van der Waals surface area (Å²) in [6.07, 6.45) is 3.39. The zero-order chi connectivity index (χ0) is 14.7. The number of aromatic nitrogens is 4. The van der Waals surface area contributed by atoms with Gasteiger partial charge in [-0.3, -0.25) is 4.68 Å². The summed E-state index contributed by atoms with van der Waals surface area (Å²) in [5, 5.41) is 7.78. The number of nitrogens with zero attached hydrogens (tertiary/aromatic N) is 4. The fourth-order valence-corrected chi connectivity index (χ4v) is 2.32. The first-order chi connectivity index (χ1) is 9.54. The summed E-state index contributed by atoms with van der Waals surface area (Å²) < 4.78 is 1.90. The maximum absolute atomic E-state index is 5.93. The van der Waals surface area contributed by atoms with Gasteiger partial charge in [0, 0.05) is 30.4 Å². The Labute approximate surface area is 119 Å². The lowest BCUT2D eigenvalue weighted by molar-refractivity contribution is 0.730. The molecular weight excluding hydrogens is 252 g/mol. The maximum atomic E-state index is 5.93.